The van der Waals surface area contributed by atoms with Gasteiger partial charge in [-0.1, -0.05) is 41.0 Å². The van der Waals surface area contributed by atoms with E-state index in [1.165, 1.54) is 0 Å². The highest BCUT2D eigenvalue weighted by Crippen LogP contribution is 2.44. The van der Waals surface area contributed by atoms with Gasteiger partial charge >= 0.3 is 0 Å². The molecule has 1 heteroatoms. The molecule has 0 heterocycles. The molecule has 0 aliphatic rings. The molecule has 1 nitrogen and oxygen atoms in total. The minimum atomic E-state index is -0.151. The van der Waals surface area contributed by atoms with Crippen molar-refractivity contribution in [1.29, 1.82) is 0 Å². The quantitative estimate of drug-likeness (QED) is 0.631. The Hall–Kier alpha value is -0.330. The van der Waals surface area contributed by atoms with Crippen LogP contribution in [-0.4, -0.2) is 5.78 Å². The van der Waals surface area contributed by atoms with Gasteiger partial charge < -0.3 is 0 Å². The molecule has 0 N–H and O–H groups in total. The molecule has 0 aromatic rings. The fraction of sp³-hybridized carbons (Fsp3) is 0.909. The lowest BCUT2D eigenvalue weighted by Gasteiger charge is -2.41. The molecule has 0 saturated carbocycles. The van der Waals surface area contributed by atoms with Crippen LogP contribution in [0.1, 0.15) is 54.4 Å². The molecule has 12 heavy (non-hydrogen) atoms. The van der Waals surface area contributed by atoms with E-state index < -0.39 is 0 Å². The minimum absolute atomic E-state index is 0.119. The summed E-state index contributed by atoms with van der Waals surface area (Å²) in [7, 11) is 0. The predicted molar refractivity (Wildman–Crippen MR) is 53.2 cm³/mol. The predicted octanol–water partition coefficient (Wildman–Crippen LogP) is 3.43. The third-order valence-electron chi connectivity index (χ3n) is 3.86. The number of rotatable bonds is 4. The first-order chi connectivity index (χ1) is 5.31. The van der Waals surface area contributed by atoms with Crippen LogP contribution in [0.4, 0.5) is 0 Å². The zero-order valence-electron chi connectivity index (χ0n) is 9.32. The van der Waals surface area contributed by atoms with Gasteiger partial charge in [-0.15, -0.1) is 0 Å². The largest absolute Gasteiger partial charge is 0.299 e. The van der Waals surface area contributed by atoms with Gasteiger partial charge in [-0.2, -0.15) is 0 Å². The summed E-state index contributed by atoms with van der Waals surface area (Å²) in [4.78, 5) is 11.5. The molecule has 1 unspecified atom stereocenters. The molecule has 0 aromatic carbocycles. The summed E-state index contributed by atoms with van der Waals surface area (Å²) in [6.45, 7) is 12.4. The van der Waals surface area contributed by atoms with Crippen molar-refractivity contribution in [2.75, 3.05) is 0 Å². The molecule has 72 valence electrons. The van der Waals surface area contributed by atoms with Crippen LogP contribution < -0.4 is 0 Å². The van der Waals surface area contributed by atoms with E-state index in [-0.39, 0.29) is 10.8 Å². The van der Waals surface area contributed by atoms with Crippen LogP contribution in [0.2, 0.25) is 0 Å². The molecular weight excluding hydrogens is 148 g/mol. The Morgan fingerprint density at radius 1 is 1.08 bits per heavy atom. The Labute approximate surface area is 76.6 Å². The van der Waals surface area contributed by atoms with E-state index in [0.29, 0.717) is 5.78 Å². The van der Waals surface area contributed by atoms with Crippen molar-refractivity contribution in [2.24, 2.45) is 10.8 Å². The molecule has 0 aromatic heterocycles. The Bertz CT molecular complexity index is 170. The second-order valence-corrected chi connectivity index (χ2v) is 4.48. The number of carbonyl (C=O) groups excluding carboxylic acids is 1. The summed E-state index contributed by atoms with van der Waals surface area (Å²) >= 11 is 0. The van der Waals surface area contributed by atoms with Crippen molar-refractivity contribution in [3.8, 4) is 0 Å². The lowest BCUT2D eigenvalue weighted by molar-refractivity contribution is -0.132. The first-order valence-corrected chi connectivity index (χ1v) is 4.83. The summed E-state index contributed by atoms with van der Waals surface area (Å²) in [6.07, 6.45) is 1.99. The van der Waals surface area contributed by atoms with Gasteiger partial charge in [-0.25, -0.2) is 0 Å². The van der Waals surface area contributed by atoms with Crippen LogP contribution in [0, 0.1) is 10.8 Å². The Kier molecular flexibility index (Phi) is 3.49. The lowest BCUT2D eigenvalue weighted by Crippen LogP contribution is -2.40. The molecule has 0 aliphatic carbocycles. The summed E-state index contributed by atoms with van der Waals surface area (Å²) in [5.41, 5.74) is -0.0324. The summed E-state index contributed by atoms with van der Waals surface area (Å²) < 4.78 is 0. The molecule has 0 fully saturated rings. The molecule has 0 aliphatic heterocycles. The maximum absolute atomic E-state index is 11.5. The van der Waals surface area contributed by atoms with Crippen molar-refractivity contribution >= 4 is 5.78 Å². The van der Waals surface area contributed by atoms with E-state index in [4.69, 9.17) is 0 Å². The van der Waals surface area contributed by atoms with Gasteiger partial charge in [0.25, 0.3) is 0 Å². The van der Waals surface area contributed by atoms with Gasteiger partial charge in [0.1, 0.15) is 5.78 Å². The molecule has 0 amide bonds. The van der Waals surface area contributed by atoms with Crippen molar-refractivity contribution in [2.45, 2.75) is 54.4 Å². The molecule has 0 saturated heterocycles. The SMILES string of the molecule is CCC(C)(C)C(C)(CC)C(C)=O. The normalized spacial score (nSPS) is 17.2. The van der Waals surface area contributed by atoms with E-state index in [1.807, 2.05) is 0 Å². The van der Waals surface area contributed by atoms with E-state index in [2.05, 4.69) is 34.6 Å². The highest BCUT2D eigenvalue weighted by atomic mass is 16.1. The zero-order chi connectivity index (χ0) is 9.99. The molecule has 0 bridgehead atoms. The van der Waals surface area contributed by atoms with Gasteiger partial charge in [0.15, 0.2) is 0 Å². The van der Waals surface area contributed by atoms with Gasteiger partial charge in [0.05, 0.1) is 0 Å². The fourth-order valence-corrected chi connectivity index (χ4v) is 1.59. The molecule has 0 spiro atoms. The van der Waals surface area contributed by atoms with Crippen LogP contribution in [0.3, 0.4) is 0 Å². The zero-order valence-corrected chi connectivity index (χ0v) is 9.32. The first kappa shape index (κ1) is 11.7. The fourth-order valence-electron chi connectivity index (χ4n) is 1.59. The first-order valence-electron chi connectivity index (χ1n) is 4.83. The maximum Gasteiger partial charge on any atom is 0.136 e. The third-order valence-corrected chi connectivity index (χ3v) is 3.86. The van der Waals surface area contributed by atoms with Gasteiger partial charge in [0.2, 0.25) is 0 Å². The molecule has 1 atom stereocenters. The monoisotopic (exact) mass is 170 g/mol. The van der Waals surface area contributed by atoms with Crippen LogP contribution in [0.15, 0.2) is 0 Å². The van der Waals surface area contributed by atoms with E-state index in [0.717, 1.165) is 12.8 Å². The number of carbonyl (C=O) groups is 1. The van der Waals surface area contributed by atoms with Crippen molar-refractivity contribution < 1.29 is 4.79 Å². The Morgan fingerprint density at radius 3 is 1.58 bits per heavy atom. The minimum Gasteiger partial charge on any atom is -0.299 e. The summed E-state index contributed by atoms with van der Waals surface area (Å²) in [5.74, 6) is 0.317. The molecule has 0 rings (SSSR count). The number of hydrogen-bond acceptors (Lipinski definition) is 1. The topological polar surface area (TPSA) is 17.1 Å². The van der Waals surface area contributed by atoms with Crippen molar-refractivity contribution in [1.82, 2.24) is 0 Å². The number of hydrogen-bond donors (Lipinski definition) is 0. The maximum atomic E-state index is 11.5. The Balaban J connectivity index is 4.87. The second kappa shape index (κ2) is 3.59. The van der Waals surface area contributed by atoms with E-state index in [9.17, 15) is 4.79 Å². The van der Waals surface area contributed by atoms with E-state index in [1.54, 1.807) is 6.92 Å². The van der Waals surface area contributed by atoms with Crippen molar-refractivity contribution in [3.05, 3.63) is 0 Å². The standard InChI is InChI=1S/C11H22O/c1-7-10(4,5)11(6,8-2)9(3)12/h7-8H2,1-6H3. The molecular formula is C11H22O. The number of Topliss-reactive ketones (excluding diaryl/α,β-unsaturated/α-hetero) is 1. The van der Waals surface area contributed by atoms with Crippen LogP contribution >= 0.6 is 0 Å². The number of ketones is 1. The highest BCUT2D eigenvalue weighted by molar-refractivity contribution is 5.82. The third kappa shape index (κ3) is 1.70. The second-order valence-electron chi connectivity index (χ2n) is 4.48. The van der Waals surface area contributed by atoms with Crippen molar-refractivity contribution in [3.63, 3.8) is 0 Å². The van der Waals surface area contributed by atoms with Crippen LogP contribution in [0.25, 0.3) is 0 Å². The average molecular weight is 170 g/mol. The lowest BCUT2D eigenvalue weighted by atomic mass is 9.62. The van der Waals surface area contributed by atoms with Gasteiger partial charge in [0, 0.05) is 5.41 Å². The smallest absolute Gasteiger partial charge is 0.136 e. The van der Waals surface area contributed by atoms with Crippen LogP contribution in [0.5, 0.6) is 0 Å². The van der Waals surface area contributed by atoms with Gasteiger partial charge in [-0.05, 0) is 18.8 Å². The molecule has 0 radical (unpaired) electrons. The van der Waals surface area contributed by atoms with Gasteiger partial charge in [-0.3, -0.25) is 4.79 Å². The summed E-state index contributed by atoms with van der Waals surface area (Å²) in [5, 5.41) is 0. The average Bonchev–Trinajstić information content (AvgIpc) is 2.02. The summed E-state index contributed by atoms with van der Waals surface area (Å²) in [6, 6.07) is 0. The Morgan fingerprint density at radius 2 is 1.50 bits per heavy atom. The van der Waals surface area contributed by atoms with Crippen LogP contribution in [-0.2, 0) is 4.79 Å². The van der Waals surface area contributed by atoms with E-state index >= 15 is 0 Å². The highest BCUT2D eigenvalue weighted by Gasteiger charge is 2.41.